The molecule has 38 heavy (non-hydrogen) atoms. The van der Waals surface area contributed by atoms with Gasteiger partial charge in [0.15, 0.2) is 0 Å². The van der Waals surface area contributed by atoms with Crippen molar-refractivity contribution in [1.82, 2.24) is 24.8 Å². The zero-order valence-electron chi connectivity index (χ0n) is 22.2. The molecule has 9 heteroatoms. The van der Waals surface area contributed by atoms with Crippen LogP contribution in [0.5, 0.6) is 0 Å². The minimum atomic E-state index is -0.128. The number of anilines is 1. The number of imidazole rings is 1. The number of aromatic nitrogens is 3. The normalized spacial score (nSPS) is 15.2. The van der Waals surface area contributed by atoms with Crippen molar-refractivity contribution in [1.29, 1.82) is 0 Å². The number of likely N-dealkylation sites (tertiary alicyclic amines) is 1. The van der Waals surface area contributed by atoms with Crippen LogP contribution in [0.2, 0.25) is 0 Å². The van der Waals surface area contributed by atoms with E-state index in [0.29, 0.717) is 13.1 Å². The number of aryl methyl sites for hydroxylation is 1. The van der Waals surface area contributed by atoms with E-state index in [9.17, 15) is 9.59 Å². The van der Waals surface area contributed by atoms with Crippen molar-refractivity contribution in [2.24, 2.45) is 0 Å². The molecule has 1 unspecified atom stereocenters. The number of hydrogen-bond donors (Lipinski definition) is 1. The van der Waals surface area contributed by atoms with Gasteiger partial charge in [0.25, 0.3) is 0 Å². The Hall–Kier alpha value is -3.72. The molecular formula is C29H34N6O2S. The monoisotopic (exact) mass is 530 g/mol. The zero-order chi connectivity index (χ0) is 26.6. The molecule has 4 aromatic rings. The summed E-state index contributed by atoms with van der Waals surface area (Å²) in [7, 11) is 4.04. The lowest BCUT2D eigenvalue weighted by atomic mass is 10.0. The van der Waals surface area contributed by atoms with Gasteiger partial charge in [-0.2, -0.15) is 0 Å². The Morgan fingerprint density at radius 3 is 2.79 bits per heavy atom. The van der Waals surface area contributed by atoms with Crippen molar-refractivity contribution in [2.75, 3.05) is 25.5 Å². The predicted octanol–water partition coefficient (Wildman–Crippen LogP) is 4.68. The Bertz CT molecular complexity index is 1440. The van der Waals surface area contributed by atoms with Crippen molar-refractivity contribution < 1.29 is 9.59 Å². The number of fused-ring (bicyclic) bond motifs is 1. The Balaban J connectivity index is 1.11. The van der Waals surface area contributed by atoms with Gasteiger partial charge >= 0.3 is 0 Å². The molecule has 0 spiro atoms. The van der Waals surface area contributed by atoms with E-state index in [4.69, 9.17) is 4.98 Å². The summed E-state index contributed by atoms with van der Waals surface area (Å²) in [6.07, 6.45) is 2.33. The summed E-state index contributed by atoms with van der Waals surface area (Å²) in [6.45, 7) is 3.75. The van der Waals surface area contributed by atoms with Crippen LogP contribution in [0.1, 0.15) is 53.8 Å². The molecule has 1 aliphatic rings. The molecule has 1 N–H and O–H groups in total. The molecule has 0 radical (unpaired) electrons. The molecule has 1 aliphatic heterocycles. The average Bonchev–Trinajstić information content (AvgIpc) is 3.66. The van der Waals surface area contributed by atoms with Gasteiger partial charge in [-0.05, 0) is 49.6 Å². The number of rotatable bonds is 9. The fourth-order valence-corrected chi connectivity index (χ4v) is 5.83. The quantitative estimate of drug-likeness (QED) is 0.340. The first-order valence-electron chi connectivity index (χ1n) is 13.1. The van der Waals surface area contributed by atoms with Gasteiger partial charge in [0.1, 0.15) is 10.8 Å². The number of benzene rings is 2. The second-order valence-corrected chi connectivity index (χ2v) is 10.9. The maximum atomic E-state index is 13.0. The summed E-state index contributed by atoms with van der Waals surface area (Å²) >= 11 is 1.53. The van der Waals surface area contributed by atoms with Crippen LogP contribution >= 0.6 is 11.3 Å². The summed E-state index contributed by atoms with van der Waals surface area (Å²) in [5.74, 6) is 0.860. The first-order valence-corrected chi connectivity index (χ1v) is 14.0. The lowest BCUT2D eigenvalue weighted by Crippen LogP contribution is -2.32. The number of carbonyl (C=O) groups is 2. The van der Waals surface area contributed by atoms with Crippen LogP contribution in [0.15, 0.2) is 53.9 Å². The highest BCUT2D eigenvalue weighted by Crippen LogP contribution is 2.34. The number of amides is 2. The van der Waals surface area contributed by atoms with E-state index in [1.165, 1.54) is 11.3 Å². The molecule has 3 heterocycles. The van der Waals surface area contributed by atoms with Crippen LogP contribution in [-0.2, 0) is 22.7 Å². The highest BCUT2D eigenvalue weighted by molar-refractivity contribution is 7.09. The molecule has 5 rings (SSSR count). The summed E-state index contributed by atoms with van der Waals surface area (Å²) in [5, 5.41) is 5.81. The zero-order valence-corrected chi connectivity index (χ0v) is 23.0. The highest BCUT2D eigenvalue weighted by Gasteiger charge is 2.30. The molecule has 1 atom stereocenters. The van der Waals surface area contributed by atoms with Crippen LogP contribution in [0, 0.1) is 6.92 Å². The van der Waals surface area contributed by atoms with Crippen molar-refractivity contribution in [3.05, 3.63) is 76.0 Å². The van der Waals surface area contributed by atoms with E-state index < -0.39 is 0 Å². The molecule has 198 valence electrons. The third-order valence-corrected chi connectivity index (χ3v) is 8.01. The molecule has 2 aromatic carbocycles. The molecular weight excluding hydrogens is 496 g/mol. The number of hydrogen-bond acceptors (Lipinski definition) is 6. The van der Waals surface area contributed by atoms with E-state index in [-0.39, 0.29) is 30.7 Å². The minimum absolute atomic E-state index is 0.0392. The van der Waals surface area contributed by atoms with Crippen LogP contribution in [0.4, 0.5) is 5.69 Å². The van der Waals surface area contributed by atoms with Gasteiger partial charge in [-0.3, -0.25) is 9.59 Å². The number of nitrogens with one attached hydrogen (secondary N) is 1. The molecule has 0 bridgehead atoms. The molecule has 0 aliphatic carbocycles. The Morgan fingerprint density at radius 2 is 1.95 bits per heavy atom. The molecule has 2 aromatic heterocycles. The first kappa shape index (κ1) is 25.9. The SMILES string of the molecule is Cc1nc2ccccc2n1Cc1csc(CNC(=O)CCC(=O)N2CCCC2c2cccc(N(C)C)c2)n1. The van der Waals surface area contributed by atoms with Crippen LogP contribution in [0.25, 0.3) is 11.0 Å². The number of thiazole rings is 1. The minimum Gasteiger partial charge on any atom is -0.378 e. The van der Waals surface area contributed by atoms with Gasteiger partial charge in [-0.15, -0.1) is 11.3 Å². The summed E-state index contributed by atoms with van der Waals surface area (Å²) in [4.78, 5) is 38.9. The van der Waals surface area contributed by atoms with Crippen LogP contribution < -0.4 is 10.2 Å². The lowest BCUT2D eigenvalue weighted by Gasteiger charge is -2.26. The second-order valence-electron chi connectivity index (χ2n) is 9.98. The first-order chi connectivity index (χ1) is 18.4. The molecule has 8 nitrogen and oxygen atoms in total. The summed E-state index contributed by atoms with van der Waals surface area (Å²) < 4.78 is 2.15. The third kappa shape index (κ3) is 5.72. The van der Waals surface area contributed by atoms with E-state index in [1.54, 1.807) is 0 Å². The van der Waals surface area contributed by atoms with Gasteiger partial charge in [-0.1, -0.05) is 24.3 Å². The smallest absolute Gasteiger partial charge is 0.223 e. The largest absolute Gasteiger partial charge is 0.378 e. The van der Waals surface area contributed by atoms with E-state index in [2.05, 4.69) is 44.0 Å². The number of carbonyl (C=O) groups excluding carboxylic acids is 2. The number of para-hydroxylation sites is 2. The van der Waals surface area contributed by atoms with Crippen molar-refractivity contribution >= 4 is 39.9 Å². The van der Waals surface area contributed by atoms with Gasteiger partial charge in [0, 0.05) is 44.5 Å². The summed E-state index contributed by atoms with van der Waals surface area (Å²) in [6, 6.07) is 16.5. The standard InChI is InChI=1S/C29H34N6O2S/c1-20-31-24-10-4-5-11-26(24)35(20)18-22-19-38-28(32-22)17-30-27(36)13-14-29(37)34-15-7-12-25(34)21-8-6-9-23(16-21)33(2)3/h4-6,8-11,16,19,25H,7,12-15,17-18H2,1-3H3,(H,30,36). The maximum Gasteiger partial charge on any atom is 0.223 e. The molecule has 2 amide bonds. The predicted molar refractivity (Wildman–Crippen MR) is 151 cm³/mol. The van der Waals surface area contributed by atoms with E-state index in [0.717, 1.165) is 58.2 Å². The number of nitrogens with zero attached hydrogens (tertiary/aromatic N) is 5. The van der Waals surface area contributed by atoms with E-state index >= 15 is 0 Å². The molecule has 1 fully saturated rings. The Morgan fingerprint density at radius 1 is 1.11 bits per heavy atom. The average molecular weight is 531 g/mol. The summed E-state index contributed by atoms with van der Waals surface area (Å²) in [5.41, 5.74) is 5.29. The van der Waals surface area contributed by atoms with E-state index in [1.807, 2.05) is 55.6 Å². The van der Waals surface area contributed by atoms with Crippen molar-refractivity contribution in [3.8, 4) is 0 Å². The molecule has 1 saturated heterocycles. The van der Waals surface area contributed by atoms with Gasteiger partial charge < -0.3 is 19.7 Å². The van der Waals surface area contributed by atoms with Gasteiger partial charge in [-0.25, -0.2) is 9.97 Å². The third-order valence-electron chi connectivity index (χ3n) is 7.11. The van der Waals surface area contributed by atoms with Crippen molar-refractivity contribution in [3.63, 3.8) is 0 Å². The highest BCUT2D eigenvalue weighted by atomic mass is 32.1. The second kappa shape index (κ2) is 11.3. The van der Waals surface area contributed by atoms with Crippen LogP contribution in [0.3, 0.4) is 0 Å². The molecule has 0 saturated carbocycles. The van der Waals surface area contributed by atoms with Gasteiger partial charge in [0.05, 0.1) is 35.9 Å². The van der Waals surface area contributed by atoms with Crippen molar-refractivity contribution in [2.45, 2.75) is 51.7 Å². The fourth-order valence-electron chi connectivity index (χ4n) is 5.11. The Labute approximate surface area is 227 Å². The lowest BCUT2D eigenvalue weighted by molar-refractivity contribution is -0.134. The Kier molecular flexibility index (Phi) is 7.74. The maximum absolute atomic E-state index is 13.0. The van der Waals surface area contributed by atoms with Gasteiger partial charge in [0.2, 0.25) is 11.8 Å². The fraction of sp³-hybridized carbons (Fsp3) is 0.379. The van der Waals surface area contributed by atoms with Crippen LogP contribution in [-0.4, -0.2) is 51.9 Å². The topological polar surface area (TPSA) is 83.4 Å².